The zero-order chi connectivity index (χ0) is 18.1. The molecule has 0 saturated heterocycles. The van der Waals surface area contributed by atoms with Gasteiger partial charge >= 0.3 is 0 Å². The summed E-state index contributed by atoms with van der Waals surface area (Å²) < 4.78 is 13.6. The van der Waals surface area contributed by atoms with Crippen LogP contribution in [0.25, 0.3) is 0 Å². The number of amides is 1. The number of hydrogen-bond acceptors (Lipinski definition) is 1. The smallest absolute Gasteiger partial charge is 0.254 e. The summed E-state index contributed by atoms with van der Waals surface area (Å²) in [7, 11) is 0. The fourth-order valence-corrected chi connectivity index (χ4v) is 3.68. The van der Waals surface area contributed by atoms with Gasteiger partial charge in [0, 0.05) is 12.1 Å². The first-order valence-corrected chi connectivity index (χ1v) is 8.84. The Bertz CT molecular complexity index is 948. The fourth-order valence-electron chi connectivity index (χ4n) is 3.68. The van der Waals surface area contributed by atoms with E-state index in [1.807, 2.05) is 24.0 Å². The van der Waals surface area contributed by atoms with E-state index in [-0.39, 0.29) is 17.8 Å². The molecule has 0 aliphatic carbocycles. The highest BCUT2D eigenvalue weighted by Gasteiger charge is 2.32. The van der Waals surface area contributed by atoms with Crippen LogP contribution >= 0.6 is 0 Å². The average Bonchev–Trinajstić information content (AvgIpc) is 2.67. The molecule has 0 fully saturated rings. The highest BCUT2D eigenvalue weighted by Crippen LogP contribution is 2.36. The summed E-state index contributed by atoms with van der Waals surface area (Å²) in [5.74, 6) is -0.523. The van der Waals surface area contributed by atoms with Crippen molar-refractivity contribution in [3.63, 3.8) is 0 Å². The van der Waals surface area contributed by atoms with E-state index in [9.17, 15) is 9.18 Å². The second-order valence-electron chi connectivity index (χ2n) is 6.77. The molecule has 1 aliphatic heterocycles. The van der Waals surface area contributed by atoms with Crippen LogP contribution in [0.1, 0.15) is 38.7 Å². The Balaban J connectivity index is 1.80. The number of benzene rings is 3. The lowest BCUT2D eigenvalue weighted by Gasteiger charge is -2.38. The van der Waals surface area contributed by atoms with E-state index in [0.29, 0.717) is 12.1 Å². The first-order chi connectivity index (χ1) is 12.6. The number of rotatable bonds is 2. The number of hydrogen-bond donors (Lipinski definition) is 0. The van der Waals surface area contributed by atoms with Gasteiger partial charge in [-0.15, -0.1) is 0 Å². The molecular formula is C23H20FNO. The maximum absolute atomic E-state index is 13.6. The molecule has 0 spiro atoms. The summed E-state index contributed by atoms with van der Waals surface area (Å²) >= 11 is 0. The molecule has 1 atom stereocenters. The second kappa shape index (κ2) is 6.75. The molecule has 0 aromatic heterocycles. The molecule has 4 rings (SSSR count). The maximum Gasteiger partial charge on any atom is 0.254 e. The summed E-state index contributed by atoms with van der Waals surface area (Å²) in [6.45, 7) is 2.67. The fraction of sp³-hybridized carbons (Fsp3) is 0.174. The van der Waals surface area contributed by atoms with Gasteiger partial charge in [0.1, 0.15) is 5.82 Å². The number of carbonyl (C=O) groups is 1. The van der Waals surface area contributed by atoms with Gasteiger partial charge < -0.3 is 4.90 Å². The van der Waals surface area contributed by atoms with Crippen molar-refractivity contribution >= 4 is 5.91 Å². The van der Waals surface area contributed by atoms with E-state index in [2.05, 4.69) is 36.4 Å². The van der Waals surface area contributed by atoms with E-state index in [4.69, 9.17) is 0 Å². The second-order valence-corrected chi connectivity index (χ2v) is 6.77. The van der Waals surface area contributed by atoms with Crippen molar-refractivity contribution in [2.45, 2.75) is 19.4 Å². The van der Waals surface area contributed by atoms with Crippen LogP contribution in [0.5, 0.6) is 0 Å². The molecule has 1 heterocycles. The van der Waals surface area contributed by atoms with Crippen LogP contribution in [-0.2, 0) is 6.42 Å². The Hall–Kier alpha value is -2.94. The molecule has 0 N–H and O–H groups in total. The molecule has 2 nitrogen and oxygen atoms in total. The van der Waals surface area contributed by atoms with Crippen LogP contribution in [0.3, 0.4) is 0 Å². The molecule has 3 aromatic carbocycles. The molecule has 0 radical (unpaired) electrons. The average molecular weight is 345 g/mol. The minimum absolute atomic E-state index is 0.135. The van der Waals surface area contributed by atoms with Gasteiger partial charge in [0.05, 0.1) is 6.04 Å². The molecular weight excluding hydrogens is 325 g/mol. The summed E-state index contributed by atoms with van der Waals surface area (Å²) in [6.07, 6.45) is 0.805. The van der Waals surface area contributed by atoms with Gasteiger partial charge in [-0.1, -0.05) is 60.2 Å². The zero-order valence-corrected chi connectivity index (χ0v) is 14.7. The van der Waals surface area contributed by atoms with Crippen LogP contribution in [0.15, 0.2) is 72.8 Å². The van der Waals surface area contributed by atoms with Crippen LogP contribution in [-0.4, -0.2) is 17.4 Å². The third kappa shape index (κ3) is 3.01. The van der Waals surface area contributed by atoms with Crippen molar-refractivity contribution in [2.75, 3.05) is 6.54 Å². The van der Waals surface area contributed by atoms with Crippen molar-refractivity contribution in [2.24, 2.45) is 0 Å². The first-order valence-electron chi connectivity index (χ1n) is 8.84. The molecule has 26 heavy (non-hydrogen) atoms. The monoisotopic (exact) mass is 345 g/mol. The normalized spacial score (nSPS) is 16.2. The van der Waals surface area contributed by atoms with Gasteiger partial charge in [-0.3, -0.25) is 4.79 Å². The van der Waals surface area contributed by atoms with E-state index in [1.54, 1.807) is 12.1 Å². The topological polar surface area (TPSA) is 20.3 Å². The number of halogens is 1. The van der Waals surface area contributed by atoms with E-state index in [1.165, 1.54) is 23.3 Å². The molecule has 0 saturated carbocycles. The van der Waals surface area contributed by atoms with Crippen LogP contribution in [0.2, 0.25) is 0 Å². The first kappa shape index (κ1) is 16.5. The number of nitrogens with zero attached hydrogens (tertiary/aromatic N) is 1. The van der Waals surface area contributed by atoms with Gasteiger partial charge in [0.15, 0.2) is 0 Å². The largest absolute Gasteiger partial charge is 0.327 e. The predicted molar refractivity (Wildman–Crippen MR) is 101 cm³/mol. The van der Waals surface area contributed by atoms with Gasteiger partial charge in [-0.2, -0.15) is 0 Å². The summed E-state index contributed by atoms with van der Waals surface area (Å²) in [6, 6.07) is 22.3. The lowest BCUT2D eigenvalue weighted by atomic mass is 9.87. The summed E-state index contributed by atoms with van der Waals surface area (Å²) in [5.41, 5.74) is 5.06. The van der Waals surface area contributed by atoms with Crippen molar-refractivity contribution in [1.82, 2.24) is 4.90 Å². The van der Waals surface area contributed by atoms with Gasteiger partial charge in [-0.05, 0) is 48.2 Å². The van der Waals surface area contributed by atoms with Gasteiger partial charge in [0.2, 0.25) is 0 Å². The van der Waals surface area contributed by atoms with Crippen molar-refractivity contribution in [3.05, 3.63) is 106 Å². The standard InChI is InChI=1S/C23H20FNO/c1-16-9-11-18(12-10-16)22-21-8-3-2-5-17(21)13-14-25(22)23(26)19-6-4-7-20(24)15-19/h2-12,15,22H,13-14H2,1H3/t22-/m1/s1. The molecule has 1 amide bonds. The highest BCUT2D eigenvalue weighted by molar-refractivity contribution is 5.95. The maximum atomic E-state index is 13.6. The Labute approximate surface area is 152 Å². The number of aryl methyl sites for hydroxylation is 1. The molecule has 1 aliphatic rings. The molecule has 3 aromatic rings. The van der Waals surface area contributed by atoms with Crippen molar-refractivity contribution in [3.8, 4) is 0 Å². The molecule has 0 unspecified atom stereocenters. The minimum Gasteiger partial charge on any atom is -0.327 e. The zero-order valence-electron chi connectivity index (χ0n) is 14.7. The predicted octanol–water partition coefficient (Wildman–Crippen LogP) is 4.92. The van der Waals surface area contributed by atoms with Gasteiger partial charge in [0.25, 0.3) is 5.91 Å². The Kier molecular flexibility index (Phi) is 4.29. The minimum atomic E-state index is -0.389. The summed E-state index contributed by atoms with van der Waals surface area (Å²) in [4.78, 5) is 15.0. The van der Waals surface area contributed by atoms with Crippen LogP contribution in [0, 0.1) is 12.7 Å². The van der Waals surface area contributed by atoms with Gasteiger partial charge in [-0.25, -0.2) is 4.39 Å². The van der Waals surface area contributed by atoms with E-state index in [0.717, 1.165) is 17.5 Å². The molecule has 3 heteroatoms. The van der Waals surface area contributed by atoms with E-state index < -0.39 is 0 Å². The van der Waals surface area contributed by atoms with Crippen LogP contribution < -0.4 is 0 Å². The Morgan fingerprint density at radius 3 is 2.54 bits per heavy atom. The Morgan fingerprint density at radius 2 is 1.77 bits per heavy atom. The van der Waals surface area contributed by atoms with Crippen molar-refractivity contribution < 1.29 is 9.18 Å². The number of carbonyl (C=O) groups excluding carboxylic acids is 1. The van der Waals surface area contributed by atoms with E-state index >= 15 is 0 Å². The quantitative estimate of drug-likeness (QED) is 0.645. The SMILES string of the molecule is Cc1ccc([C@@H]2c3ccccc3CCN2C(=O)c2cccc(F)c2)cc1. The van der Waals surface area contributed by atoms with Crippen molar-refractivity contribution in [1.29, 1.82) is 0 Å². The highest BCUT2D eigenvalue weighted by atomic mass is 19.1. The lowest BCUT2D eigenvalue weighted by Crippen LogP contribution is -2.40. The Morgan fingerprint density at radius 1 is 1.00 bits per heavy atom. The van der Waals surface area contributed by atoms with Crippen LogP contribution in [0.4, 0.5) is 4.39 Å². The molecule has 0 bridgehead atoms. The molecule has 130 valence electrons. The number of fused-ring (bicyclic) bond motifs is 1. The third-order valence-electron chi connectivity index (χ3n) is 5.01. The lowest BCUT2D eigenvalue weighted by molar-refractivity contribution is 0.0694. The third-order valence-corrected chi connectivity index (χ3v) is 5.01. The summed E-state index contributed by atoms with van der Waals surface area (Å²) in [5, 5.41) is 0.